The van der Waals surface area contributed by atoms with Crippen molar-refractivity contribution in [1.29, 1.82) is 0 Å². The lowest BCUT2D eigenvalue weighted by molar-refractivity contribution is -0.389. The molecule has 3 rings (SSSR count). The number of fused-ring (bicyclic) bond motifs is 1. The molecule has 116 valence electrons. The number of aliphatic hydroxyl groups excluding tert-OH is 2. The van der Waals surface area contributed by atoms with E-state index >= 15 is 0 Å². The molecule has 0 amide bonds. The van der Waals surface area contributed by atoms with Crippen molar-refractivity contribution in [2.75, 3.05) is 13.7 Å². The molecule has 6 heteroatoms. The summed E-state index contributed by atoms with van der Waals surface area (Å²) in [5.74, 6) is -0.980. The molecule has 0 bridgehead atoms. The van der Waals surface area contributed by atoms with Crippen LogP contribution in [0.25, 0.3) is 0 Å². The summed E-state index contributed by atoms with van der Waals surface area (Å²) in [5.41, 5.74) is 0.846. The Labute approximate surface area is 123 Å². The van der Waals surface area contributed by atoms with Crippen molar-refractivity contribution in [3.8, 4) is 0 Å². The summed E-state index contributed by atoms with van der Waals surface area (Å²) in [6, 6.07) is 9.48. The van der Waals surface area contributed by atoms with Crippen molar-refractivity contribution >= 4 is 0 Å². The average molecular weight is 296 g/mol. The molecular weight excluding hydrogens is 276 g/mol. The molecule has 2 fully saturated rings. The highest BCUT2D eigenvalue weighted by Gasteiger charge is 2.52. The summed E-state index contributed by atoms with van der Waals surface area (Å²) in [7, 11) is 1.42. The lowest BCUT2D eigenvalue weighted by Crippen LogP contribution is -2.64. The second kappa shape index (κ2) is 5.64. The number of hydrogen-bond acceptors (Lipinski definition) is 6. The van der Waals surface area contributed by atoms with Gasteiger partial charge in [-0.3, -0.25) is 0 Å². The van der Waals surface area contributed by atoms with E-state index in [9.17, 15) is 10.2 Å². The van der Waals surface area contributed by atoms with Crippen LogP contribution in [0, 0.1) is 0 Å². The number of benzene rings is 1. The van der Waals surface area contributed by atoms with E-state index in [1.54, 1.807) is 6.92 Å². The number of hydrogen-bond donors (Lipinski definition) is 2. The van der Waals surface area contributed by atoms with E-state index in [2.05, 4.69) is 0 Å². The predicted molar refractivity (Wildman–Crippen MR) is 72.3 cm³/mol. The van der Waals surface area contributed by atoms with E-state index < -0.39 is 36.5 Å². The van der Waals surface area contributed by atoms with Crippen molar-refractivity contribution in [2.24, 2.45) is 0 Å². The first-order valence-electron chi connectivity index (χ1n) is 6.97. The maximum Gasteiger partial charge on any atom is 0.192 e. The molecule has 1 aromatic rings. The molecule has 0 aliphatic carbocycles. The van der Waals surface area contributed by atoms with Crippen molar-refractivity contribution in [3.63, 3.8) is 0 Å². The highest BCUT2D eigenvalue weighted by molar-refractivity contribution is 5.20. The van der Waals surface area contributed by atoms with E-state index in [1.165, 1.54) is 7.11 Å². The molecule has 0 aromatic heterocycles. The highest BCUT2D eigenvalue weighted by Crippen LogP contribution is 2.38. The van der Waals surface area contributed by atoms with Gasteiger partial charge in [-0.1, -0.05) is 30.3 Å². The molecule has 1 aromatic carbocycles. The van der Waals surface area contributed by atoms with Crippen molar-refractivity contribution in [1.82, 2.24) is 0 Å². The van der Waals surface area contributed by atoms with Gasteiger partial charge in [0.1, 0.15) is 24.4 Å². The van der Waals surface area contributed by atoms with Crippen LogP contribution in [0.2, 0.25) is 0 Å². The molecule has 21 heavy (non-hydrogen) atoms. The molecular formula is C15H20O6. The van der Waals surface area contributed by atoms with Crippen LogP contribution in [0.15, 0.2) is 30.3 Å². The minimum atomic E-state index is -1.16. The maximum absolute atomic E-state index is 10.3. The van der Waals surface area contributed by atoms with Gasteiger partial charge in [0.2, 0.25) is 0 Å². The summed E-state index contributed by atoms with van der Waals surface area (Å²) in [5, 5.41) is 20.3. The topological polar surface area (TPSA) is 77.4 Å². The van der Waals surface area contributed by atoms with Crippen molar-refractivity contribution in [2.45, 2.75) is 43.4 Å². The van der Waals surface area contributed by atoms with Crippen LogP contribution in [-0.2, 0) is 24.7 Å². The zero-order chi connectivity index (χ0) is 15.0. The Bertz CT molecular complexity index is 478. The minimum Gasteiger partial charge on any atom is -0.387 e. The number of ether oxygens (including phenoxy) is 4. The Morgan fingerprint density at radius 1 is 1.19 bits per heavy atom. The zero-order valence-electron chi connectivity index (χ0n) is 12.0. The molecule has 2 N–H and O–H groups in total. The lowest BCUT2D eigenvalue weighted by Gasteiger charge is -2.49. The molecule has 0 radical (unpaired) electrons. The smallest absolute Gasteiger partial charge is 0.192 e. The van der Waals surface area contributed by atoms with Gasteiger partial charge in [-0.2, -0.15) is 0 Å². The summed E-state index contributed by atoms with van der Waals surface area (Å²) < 4.78 is 22.3. The van der Waals surface area contributed by atoms with E-state index in [1.807, 2.05) is 30.3 Å². The Hall–Kier alpha value is -1.02. The monoisotopic (exact) mass is 296 g/mol. The van der Waals surface area contributed by atoms with Gasteiger partial charge in [0.25, 0.3) is 0 Å². The first-order chi connectivity index (χ1) is 10.0. The summed E-state index contributed by atoms with van der Waals surface area (Å²) in [4.78, 5) is 0. The van der Waals surface area contributed by atoms with Crippen LogP contribution in [0.1, 0.15) is 12.5 Å². The molecule has 0 spiro atoms. The first-order valence-corrected chi connectivity index (χ1v) is 6.97. The van der Waals surface area contributed by atoms with E-state index in [4.69, 9.17) is 18.9 Å². The van der Waals surface area contributed by atoms with E-state index in [0.29, 0.717) is 0 Å². The third-order valence-electron chi connectivity index (χ3n) is 4.06. The van der Waals surface area contributed by atoms with Crippen LogP contribution in [-0.4, -0.2) is 54.6 Å². The fraction of sp³-hybridized carbons (Fsp3) is 0.600. The first kappa shape index (κ1) is 14.9. The Balaban J connectivity index is 1.82. The number of methoxy groups -OCH3 is 1. The normalized spacial score (nSPS) is 43.3. The van der Waals surface area contributed by atoms with Gasteiger partial charge in [0.15, 0.2) is 12.1 Å². The molecule has 0 saturated carbocycles. The summed E-state index contributed by atoms with van der Waals surface area (Å²) in [6.45, 7) is 2.04. The summed E-state index contributed by atoms with van der Waals surface area (Å²) >= 11 is 0. The largest absolute Gasteiger partial charge is 0.387 e. The van der Waals surface area contributed by atoms with E-state index in [-0.39, 0.29) is 6.61 Å². The van der Waals surface area contributed by atoms with Gasteiger partial charge in [-0.05, 0) is 6.92 Å². The van der Waals surface area contributed by atoms with Gasteiger partial charge in [-0.15, -0.1) is 0 Å². The maximum atomic E-state index is 10.3. The summed E-state index contributed by atoms with van der Waals surface area (Å²) in [6.07, 6.45) is -4.29. The van der Waals surface area contributed by atoms with Crippen LogP contribution in [0.4, 0.5) is 0 Å². The standard InChI is InChI=1S/C15H20O6/c1-15(9-6-4-3-5-7-9)19-8-10-13(21-15)11(16)12(17)14(18-2)20-10/h3-7,10-14,16-17H,8H2,1-2H3/t10-,11-,12-,13-,14+,15-/m1/s1. The molecule has 2 aliphatic heterocycles. The number of aliphatic hydroxyl groups is 2. The second-order valence-corrected chi connectivity index (χ2v) is 5.47. The molecule has 2 saturated heterocycles. The van der Waals surface area contributed by atoms with Gasteiger partial charge in [0.05, 0.1) is 6.61 Å². The van der Waals surface area contributed by atoms with Gasteiger partial charge in [0, 0.05) is 12.7 Å². The van der Waals surface area contributed by atoms with Gasteiger partial charge >= 0.3 is 0 Å². The van der Waals surface area contributed by atoms with Gasteiger partial charge in [-0.25, -0.2) is 0 Å². The minimum absolute atomic E-state index is 0.250. The van der Waals surface area contributed by atoms with Crippen LogP contribution < -0.4 is 0 Å². The molecule has 6 nitrogen and oxygen atoms in total. The Morgan fingerprint density at radius 2 is 1.90 bits per heavy atom. The Kier molecular flexibility index (Phi) is 4.00. The van der Waals surface area contributed by atoms with Crippen molar-refractivity contribution < 1.29 is 29.2 Å². The predicted octanol–water partition coefficient (Wildman–Crippen LogP) is 0.368. The molecule has 0 unspecified atom stereocenters. The fourth-order valence-corrected chi connectivity index (χ4v) is 2.81. The fourth-order valence-electron chi connectivity index (χ4n) is 2.81. The molecule has 2 aliphatic rings. The third kappa shape index (κ3) is 2.59. The van der Waals surface area contributed by atoms with E-state index in [0.717, 1.165) is 5.56 Å². The number of rotatable bonds is 2. The average Bonchev–Trinajstić information content (AvgIpc) is 2.52. The zero-order valence-corrected chi connectivity index (χ0v) is 12.0. The SMILES string of the molecule is CO[C@H]1O[C@@H]2CO[C@@](C)(c3ccccc3)O[C@H]2[C@H](O)[C@H]1O. The second-order valence-electron chi connectivity index (χ2n) is 5.47. The van der Waals surface area contributed by atoms with Crippen LogP contribution in [0.5, 0.6) is 0 Å². The molecule has 2 heterocycles. The highest BCUT2D eigenvalue weighted by atomic mass is 16.8. The van der Waals surface area contributed by atoms with Crippen LogP contribution >= 0.6 is 0 Å². The van der Waals surface area contributed by atoms with Gasteiger partial charge < -0.3 is 29.2 Å². The molecule has 6 atom stereocenters. The van der Waals surface area contributed by atoms with Crippen molar-refractivity contribution in [3.05, 3.63) is 35.9 Å². The third-order valence-corrected chi connectivity index (χ3v) is 4.06. The quantitative estimate of drug-likeness (QED) is 0.821. The van der Waals surface area contributed by atoms with Crippen LogP contribution in [0.3, 0.4) is 0 Å². The Morgan fingerprint density at radius 3 is 2.57 bits per heavy atom. The lowest BCUT2D eigenvalue weighted by atomic mass is 9.96.